The standard InChI is InChI=1S/C24H22N2P/c1-26-19-17-21(18-20-26)25-27(22-11-5-2-6-12-22,23-13-7-3-8-14-23)24-15-9-4-10-16-24/h2-20H,1H3/q+1. The van der Waals surface area contributed by atoms with Crippen LogP contribution in [-0.2, 0) is 7.05 Å². The molecule has 0 bridgehead atoms. The number of rotatable bonds is 4. The molecule has 27 heavy (non-hydrogen) atoms. The summed E-state index contributed by atoms with van der Waals surface area (Å²) >= 11 is 0. The third-order valence-electron chi connectivity index (χ3n) is 4.62. The Morgan fingerprint density at radius 1 is 0.556 bits per heavy atom. The number of benzene rings is 3. The van der Waals surface area contributed by atoms with Gasteiger partial charge in [0.25, 0.3) is 0 Å². The Kier molecular flexibility index (Phi) is 5.00. The Bertz CT molecular complexity index is 954. The summed E-state index contributed by atoms with van der Waals surface area (Å²) in [6, 6.07) is 36.3. The zero-order valence-electron chi connectivity index (χ0n) is 15.3. The molecular weight excluding hydrogens is 347 g/mol. The van der Waals surface area contributed by atoms with Crippen molar-refractivity contribution in [1.29, 1.82) is 0 Å². The highest BCUT2D eigenvalue weighted by Gasteiger charge is 2.46. The average molecular weight is 369 g/mol. The van der Waals surface area contributed by atoms with Gasteiger partial charge in [-0.1, -0.05) is 54.6 Å². The van der Waals surface area contributed by atoms with Gasteiger partial charge in [-0.05, 0) is 48.5 Å². The van der Waals surface area contributed by atoms with Crippen LogP contribution in [0.15, 0.2) is 120 Å². The smallest absolute Gasteiger partial charge is 0.230 e. The molecule has 3 aromatic carbocycles. The van der Waals surface area contributed by atoms with Gasteiger partial charge >= 0.3 is 0 Å². The minimum Gasteiger partial charge on any atom is -0.357 e. The second kappa shape index (κ2) is 7.73. The first kappa shape index (κ1) is 17.5. The van der Waals surface area contributed by atoms with E-state index in [2.05, 4.69) is 116 Å². The van der Waals surface area contributed by atoms with E-state index in [1.165, 1.54) is 15.9 Å². The fourth-order valence-corrected chi connectivity index (χ4v) is 6.82. The fourth-order valence-electron chi connectivity index (χ4n) is 3.28. The first-order valence-corrected chi connectivity index (χ1v) is 10.8. The van der Waals surface area contributed by atoms with E-state index in [0.29, 0.717) is 0 Å². The van der Waals surface area contributed by atoms with Crippen LogP contribution in [0, 0.1) is 0 Å². The second-order valence-electron chi connectivity index (χ2n) is 6.46. The van der Waals surface area contributed by atoms with E-state index in [9.17, 15) is 0 Å². The van der Waals surface area contributed by atoms with Gasteiger partial charge in [0.05, 0.1) is 0 Å². The molecule has 0 amide bonds. The zero-order chi connectivity index (χ0) is 18.5. The largest absolute Gasteiger partial charge is 0.357 e. The molecule has 0 fully saturated rings. The van der Waals surface area contributed by atoms with Gasteiger partial charge in [0, 0.05) is 19.4 Å². The van der Waals surface area contributed by atoms with E-state index in [0.717, 1.165) is 5.36 Å². The highest BCUT2D eigenvalue weighted by molar-refractivity contribution is 7.94. The van der Waals surface area contributed by atoms with Crippen molar-refractivity contribution < 1.29 is 0 Å². The van der Waals surface area contributed by atoms with Crippen molar-refractivity contribution in [2.45, 2.75) is 0 Å². The highest BCUT2D eigenvalue weighted by Crippen LogP contribution is 2.56. The summed E-state index contributed by atoms with van der Waals surface area (Å²) in [6.45, 7) is 0. The molecule has 0 aliphatic carbocycles. The first-order valence-electron chi connectivity index (χ1n) is 9.03. The highest BCUT2D eigenvalue weighted by atomic mass is 31.2. The quantitative estimate of drug-likeness (QED) is 0.487. The molecule has 4 rings (SSSR count). The molecule has 132 valence electrons. The second-order valence-corrected chi connectivity index (χ2v) is 9.48. The van der Waals surface area contributed by atoms with Crippen molar-refractivity contribution >= 4 is 23.3 Å². The Balaban J connectivity index is 2.10. The molecule has 0 saturated heterocycles. The molecule has 0 saturated carbocycles. The zero-order valence-corrected chi connectivity index (χ0v) is 16.2. The average Bonchev–Trinajstić information content (AvgIpc) is 2.75. The van der Waals surface area contributed by atoms with Gasteiger partial charge in [-0.2, -0.15) is 0 Å². The lowest BCUT2D eigenvalue weighted by Crippen LogP contribution is -2.31. The molecular formula is C24H22N2P+. The van der Waals surface area contributed by atoms with Crippen molar-refractivity contribution in [2.75, 3.05) is 0 Å². The summed E-state index contributed by atoms with van der Waals surface area (Å²) in [5.74, 6) is 0. The fraction of sp³-hybridized carbons (Fsp3) is 0.0417. The van der Waals surface area contributed by atoms with E-state index >= 15 is 0 Å². The molecule has 0 aliphatic rings. The Labute approximate surface area is 160 Å². The van der Waals surface area contributed by atoms with Crippen molar-refractivity contribution in [2.24, 2.45) is 11.8 Å². The maximum Gasteiger partial charge on any atom is 0.230 e. The maximum atomic E-state index is 5.44. The van der Waals surface area contributed by atoms with Crippen molar-refractivity contribution in [3.05, 3.63) is 121 Å². The van der Waals surface area contributed by atoms with Gasteiger partial charge in [-0.3, -0.25) is 0 Å². The van der Waals surface area contributed by atoms with Gasteiger partial charge in [0.2, 0.25) is 7.41 Å². The van der Waals surface area contributed by atoms with Crippen molar-refractivity contribution in [1.82, 2.24) is 4.57 Å². The molecule has 0 N–H and O–H groups in total. The van der Waals surface area contributed by atoms with Gasteiger partial charge in [-0.15, -0.1) is 4.76 Å². The number of aromatic nitrogens is 1. The van der Waals surface area contributed by atoms with E-state index in [-0.39, 0.29) is 0 Å². The Morgan fingerprint density at radius 2 is 0.926 bits per heavy atom. The summed E-state index contributed by atoms with van der Waals surface area (Å²) in [7, 11) is -0.149. The Hall–Kier alpha value is -2.96. The summed E-state index contributed by atoms with van der Waals surface area (Å²) in [6.07, 6.45) is 4.10. The predicted molar refractivity (Wildman–Crippen MR) is 116 cm³/mol. The van der Waals surface area contributed by atoms with E-state index in [4.69, 9.17) is 4.76 Å². The monoisotopic (exact) mass is 369 g/mol. The van der Waals surface area contributed by atoms with Crippen LogP contribution in [-0.4, -0.2) is 4.57 Å². The maximum absolute atomic E-state index is 5.44. The lowest BCUT2D eigenvalue weighted by Gasteiger charge is -2.22. The van der Waals surface area contributed by atoms with Gasteiger partial charge in [0.15, 0.2) is 0 Å². The van der Waals surface area contributed by atoms with Crippen LogP contribution in [0.25, 0.3) is 0 Å². The van der Waals surface area contributed by atoms with E-state index < -0.39 is 7.41 Å². The lowest BCUT2D eigenvalue weighted by molar-refractivity contribution is 0.898. The molecule has 0 radical (unpaired) electrons. The van der Waals surface area contributed by atoms with Crippen LogP contribution in [0.1, 0.15) is 0 Å². The van der Waals surface area contributed by atoms with E-state index in [1.54, 1.807) is 0 Å². The summed E-state index contributed by atoms with van der Waals surface area (Å²) in [5, 5.41) is 4.78. The third-order valence-corrected chi connectivity index (χ3v) is 8.28. The molecule has 0 atom stereocenters. The van der Waals surface area contributed by atoms with Crippen LogP contribution in [0.3, 0.4) is 0 Å². The summed E-state index contributed by atoms with van der Waals surface area (Å²) in [5.41, 5.74) is 0. The third kappa shape index (κ3) is 3.49. The van der Waals surface area contributed by atoms with E-state index in [1.807, 2.05) is 11.6 Å². The summed E-state index contributed by atoms with van der Waals surface area (Å²) in [4.78, 5) is 0. The summed E-state index contributed by atoms with van der Waals surface area (Å²) < 4.78 is 7.47. The van der Waals surface area contributed by atoms with Crippen LogP contribution < -0.4 is 21.3 Å². The molecule has 4 aromatic rings. The topological polar surface area (TPSA) is 17.3 Å². The number of pyridine rings is 1. The van der Waals surface area contributed by atoms with Crippen LogP contribution in [0.4, 0.5) is 0 Å². The van der Waals surface area contributed by atoms with Crippen LogP contribution >= 0.6 is 7.41 Å². The SMILES string of the molecule is Cn1ccc(=N[P+](c2ccccc2)(c2ccccc2)c2ccccc2)cc1. The number of nitrogens with zero attached hydrogens (tertiary/aromatic N) is 2. The first-order chi connectivity index (χ1) is 13.3. The number of hydrogen-bond donors (Lipinski definition) is 0. The number of hydrogen-bond acceptors (Lipinski definition) is 1. The molecule has 2 nitrogen and oxygen atoms in total. The molecule has 0 unspecified atom stereocenters. The molecule has 0 aliphatic heterocycles. The van der Waals surface area contributed by atoms with Crippen LogP contribution in [0.2, 0.25) is 0 Å². The van der Waals surface area contributed by atoms with Crippen molar-refractivity contribution in [3.8, 4) is 0 Å². The predicted octanol–water partition coefficient (Wildman–Crippen LogP) is 3.83. The van der Waals surface area contributed by atoms with Crippen LogP contribution in [0.5, 0.6) is 0 Å². The van der Waals surface area contributed by atoms with Gasteiger partial charge in [0.1, 0.15) is 21.3 Å². The van der Waals surface area contributed by atoms with Gasteiger partial charge in [-0.25, -0.2) is 0 Å². The molecule has 3 heteroatoms. The van der Waals surface area contributed by atoms with Crippen molar-refractivity contribution in [3.63, 3.8) is 0 Å². The molecule has 0 spiro atoms. The lowest BCUT2D eigenvalue weighted by atomic mass is 10.4. The minimum absolute atomic E-state index is 0.998. The van der Waals surface area contributed by atoms with Gasteiger partial charge < -0.3 is 4.57 Å². The normalized spacial score (nSPS) is 11.1. The molecule has 1 aromatic heterocycles. The Morgan fingerprint density at radius 3 is 1.30 bits per heavy atom. The number of aryl methyl sites for hydroxylation is 1. The molecule has 1 heterocycles. The minimum atomic E-state index is -2.17.